The maximum Gasteiger partial charge on any atom is 0.254 e. The Kier molecular flexibility index (Phi) is 3.99. The van der Waals surface area contributed by atoms with Gasteiger partial charge in [0.2, 0.25) is 0 Å². The molecule has 1 amide bonds. The maximum atomic E-state index is 13.0. The van der Waals surface area contributed by atoms with E-state index in [4.69, 9.17) is 9.47 Å². The number of carbonyl (C=O) groups is 1. The van der Waals surface area contributed by atoms with Gasteiger partial charge in [-0.1, -0.05) is 18.2 Å². The van der Waals surface area contributed by atoms with Gasteiger partial charge in [0.25, 0.3) is 5.91 Å². The van der Waals surface area contributed by atoms with E-state index >= 15 is 0 Å². The van der Waals surface area contributed by atoms with E-state index < -0.39 is 0 Å². The van der Waals surface area contributed by atoms with Crippen molar-refractivity contribution in [3.63, 3.8) is 0 Å². The number of para-hydroxylation sites is 1. The fourth-order valence-electron chi connectivity index (χ4n) is 3.86. The van der Waals surface area contributed by atoms with E-state index in [9.17, 15) is 4.79 Å². The van der Waals surface area contributed by atoms with Crippen LogP contribution in [0.5, 0.6) is 11.5 Å². The summed E-state index contributed by atoms with van der Waals surface area (Å²) in [6, 6.07) is 14.2. The van der Waals surface area contributed by atoms with Crippen molar-refractivity contribution in [2.24, 2.45) is 0 Å². The Morgan fingerprint density at radius 2 is 1.76 bits per heavy atom. The number of rotatable bonds is 3. The van der Waals surface area contributed by atoms with Crippen molar-refractivity contribution in [1.82, 2.24) is 4.90 Å². The third-order valence-electron chi connectivity index (χ3n) is 5.12. The normalized spacial score (nSPS) is 18.6. The Hall–Kier alpha value is -2.69. The van der Waals surface area contributed by atoms with Crippen LogP contribution in [0.3, 0.4) is 0 Å². The smallest absolute Gasteiger partial charge is 0.254 e. The monoisotopic (exact) mass is 338 g/mol. The van der Waals surface area contributed by atoms with E-state index in [-0.39, 0.29) is 5.91 Å². The Bertz CT molecular complexity index is 783. The van der Waals surface area contributed by atoms with Crippen LogP contribution in [0.4, 0.5) is 5.69 Å². The zero-order chi connectivity index (χ0) is 17.4. The fraction of sp³-hybridized carbons (Fsp3) is 0.350. The summed E-state index contributed by atoms with van der Waals surface area (Å²) >= 11 is 0. The molecule has 1 atom stereocenters. The van der Waals surface area contributed by atoms with Crippen LogP contribution in [-0.4, -0.2) is 50.7 Å². The molecule has 0 N–H and O–H groups in total. The highest BCUT2D eigenvalue weighted by molar-refractivity contribution is 5.95. The number of hydrogen-bond acceptors (Lipinski definition) is 4. The highest BCUT2D eigenvalue weighted by Gasteiger charge is 2.35. The molecule has 2 aliphatic heterocycles. The Balaban J connectivity index is 1.54. The van der Waals surface area contributed by atoms with Gasteiger partial charge >= 0.3 is 0 Å². The van der Waals surface area contributed by atoms with Crippen LogP contribution in [0.2, 0.25) is 0 Å². The highest BCUT2D eigenvalue weighted by atomic mass is 16.5. The third kappa shape index (κ3) is 2.80. The molecule has 0 aliphatic carbocycles. The fourth-order valence-corrected chi connectivity index (χ4v) is 3.86. The van der Waals surface area contributed by atoms with Gasteiger partial charge in [-0.25, -0.2) is 0 Å². The van der Waals surface area contributed by atoms with Gasteiger partial charge < -0.3 is 19.3 Å². The molecular weight excluding hydrogens is 316 g/mol. The second-order valence-corrected chi connectivity index (χ2v) is 6.53. The molecule has 1 unspecified atom stereocenters. The molecule has 4 rings (SSSR count). The number of nitrogens with zero attached hydrogens (tertiary/aromatic N) is 2. The number of methoxy groups -OCH3 is 2. The van der Waals surface area contributed by atoms with Crippen molar-refractivity contribution < 1.29 is 14.3 Å². The summed E-state index contributed by atoms with van der Waals surface area (Å²) in [5.74, 6) is 1.30. The number of ether oxygens (including phenoxy) is 2. The molecule has 25 heavy (non-hydrogen) atoms. The first-order valence-electron chi connectivity index (χ1n) is 8.56. The number of piperazine rings is 1. The molecule has 1 fully saturated rings. The number of hydrogen-bond donors (Lipinski definition) is 0. The highest BCUT2D eigenvalue weighted by Crippen LogP contribution is 2.34. The van der Waals surface area contributed by atoms with E-state index in [0.717, 1.165) is 26.1 Å². The first kappa shape index (κ1) is 15.8. The minimum absolute atomic E-state index is 0.0350. The first-order valence-corrected chi connectivity index (χ1v) is 8.56. The Morgan fingerprint density at radius 3 is 2.48 bits per heavy atom. The predicted molar refractivity (Wildman–Crippen MR) is 96.7 cm³/mol. The quantitative estimate of drug-likeness (QED) is 0.863. The second-order valence-electron chi connectivity index (χ2n) is 6.53. The van der Waals surface area contributed by atoms with Gasteiger partial charge in [0.05, 0.1) is 20.3 Å². The van der Waals surface area contributed by atoms with Crippen LogP contribution in [0.1, 0.15) is 15.9 Å². The topological polar surface area (TPSA) is 42.0 Å². The van der Waals surface area contributed by atoms with E-state index in [1.807, 2.05) is 4.90 Å². The standard InChI is InChI=1S/C20H22N2O3/c1-24-17-10-15(11-18(12-17)25-2)20(23)21-7-8-22-16(13-21)9-14-5-3-4-6-19(14)22/h3-6,10-12,16H,7-9,13H2,1-2H3. The number of anilines is 1. The minimum Gasteiger partial charge on any atom is -0.497 e. The molecular formula is C20H22N2O3. The lowest BCUT2D eigenvalue weighted by molar-refractivity contribution is 0.0724. The summed E-state index contributed by atoms with van der Waals surface area (Å²) in [5, 5.41) is 0. The van der Waals surface area contributed by atoms with E-state index in [1.54, 1.807) is 32.4 Å². The van der Waals surface area contributed by atoms with E-state index in [0.29, 0.717) is 23.1 Å². The summed E-state index contributed by atoms with van der Waals surface area (Å²) in [6.07, 6.45) is 1.00. The van der Waals surface area contributed by atoms with Crippen molar-refractivity contribution in [3.8, 4) is 11.5 Å². The molecule has 0 spiro atoms. The molecule has 2 aliphatic rings. The lowest BCUT2D eigenvalue weighted by atomic mass is 10.1. The molecule has 2 aromatic carbocycles. The summed E-state index contributed by atoms with van der Waals surface area (Å²) in [5.41, 5.74) is 3.31. The van der Waals surface area contributed by atoms with Gasteiger partial charge in [0, 0.05) is 37.0 Å². The van der Waals surface area contributed by atoms with Crippen LogP contribution in [0, 0.1) is 0 Å². The Morgan fingerprint density at radius 1 is 1.04 bits per heavy atom. The summed E-state index contributed by atoms with van der Waals surface area (Å²) < 4.78 is 10.6. The van der Waals surface area contributed by atoms with Crippen LogP contribution in [0.15, 0.2) is 42.5 Å². The molecule has 1 saturated heterocycles. The second kappa shape index (κ2) is 6.31. The molecule has 5 nitrogen and oxygen atoms in total. The van der Waals surface area contributed by atoms with Gasteiger partial charge in [-0.15, -0.1) is 0 Å². The molecule has 0 aromatic heterocycles. The van der Waals surface area contributed by atoms with Gasteiger partial charge in [-0.05, 0) is 30.2 Å². The molecule has 130 valence electrons. The maximum absolute atomic E-state index is 13.0. The van der Waals surface area contributed by atoms with Gasteiger partial charge in [0.15, 0.2) is 0 Å². The molecule has 0 bridgehead atoms. The largest absolute Gasteiger partial charge is 0.497 e. The molecule has 0 saturated carbocycles. The summed E-state index contributed by atoms with van der Waals surface area (Å²) in [7, 11) is 3.19. The van der Waals surface area contributed by atoms with Gasteiger partial charge in [0.1, 0.15) is 11.5 Å². The zero-order valence-corrected chi connectivity index (χ0v) is 14.6. The van der Waals surface area contributed by atoms with Gasteiger partial charge in [-0.2, -0.15) is 0 Å². The molecule has 0 radical (unpaired) electrons. The SMILES string of the molecule is COc1cc(OC)cc(C(=O)N2CCN3c4ccccc4CC3C2)c1. The number of amides is 1. The van der Waals surface area contributed by atoms with Crippen molar-refractivity contribution in [2.75, 3.05) is 38.8 Å². The molecule has 2 heterocycles. The average molecular weight is 338 g/mol. The number of fused-ring (bicyclic) bond motifs is 3. The van der Waals surface area contributed by atoms with E-state index in [1.165, 1.54) is 11.3 Å². The lowest BCUT2D eigenvalue weighted by Gasteiger charge is -2.39. The molecule has 5 heteroatoms. The average Bonchev–Trinajstić information content (AvgIpc) is 3.04. The van der Waals surface area contributed by atoms with Crippen molar-refractivity contribution in [3.05, 3.63) is 53.6 Å². The Labute approximate surface area is 147 Å². The van der Waals surface area contributed by atoms with Gasteiger partial charge in [-0.3, -0.25) is 4.79 Å². The van der Waals surface area contributed by atoms with Crippen LogP contribution in [-0.2, 0) is 6.42 Å². The summed E-state index contributed by atoms with van der Waals surface area (Å²) in [4.78, 5) is 17.4. The van der Waals surface area contributed by atoms with E-state index in [2.05, 4.69) is 29.2 Å². The summed E-state index contributed by atoms with van der Waals surface area (Å²) in [6.45, 7) is 2.34. The predicted octanol–water partition coefficient (Wildman–Crippen LogP) is 2.59. The zero-order valence-electron chi connectivity index (χ0n) is 14.6. The van der Waals surface area contributed by atoms with Crippen molar-refractivity contribution in [1.29, 1.82) is 0 Å². The van der Waals surface area contributed by atoms with Crippen LogP contribution < -0.4 is 14.4 Å². The molecule has 2 aromatic rings. The third-order valence-corrected chi connectivity index (χ3v) is 5.12. The number of carbonyl (C=O) groups excluding carboxylic acids is 1. The van der Waals surface area contributed by atoms with Crippen LogP contribution in [0.25, 0.3) is 0 Å². The minimum atomic E-state index is 0.0350. The lowest BCUT2D eigenvalue weighted by Crippen LogP contribution is -2.53. The first-order chi connectivity index (χ1) is 12.2. The van der Waals surface area contributed by atoms with Crippen LogP contribution >= 0.6 is 0 Å². The van der Waals surface area contributed by atoms with Crippen molar-refractivity contribution >= 4 is 11.6 Å². The van der Waals surface area contributed by atoms with Crippen molar-refractivity contribution in [2.45, 2.75) is 12.5 Å². The number of benzene rings is 2.